The van der Waals surface area contributed by atoms with Gasteiger partial charge in [-0.1, -0.05) is 0 Å². The summed E-state index contributed by atoms with van der Waals surface area (Å²) in [5.74, 6) is -0.0625. The number of carbonyl (C=O) groups is 1. The van der Waals surface area contributed by atoms with Crippen LogP contribution in [0, 0.1) is 0 Å². The first kappa shape index (κ1) is 7.59. The van der Waals surface area contributed by atoms with Gasteiger partial charge in [-0.25, -0.2) is 0 Å². The van der Waals surface area contributed by atoms with Crippen LogP contribution < -0.4 is 5.73 Å². The third-order valence-electron chi connectivity index (χ3n) is 1.01. The molecule has 48 valence electrons. The van der Waals surface area contributed by atoms with E-state index in [0.717, 1.165) is 0 Å². The Morgan fingerprint density at radius 3 is 2.50 bits per heavy atom. The monoisotopic (exact) mass is 117 g/mol. The molecule has 0 aromatic carbocycles. The highest BCUT2D eigenvalue weighted by Gasteiger charge is 2.07. The number of ether oxygens (including phenoxy) is 1. The minimum Gasteiger partial charge on any atom is -0.374 e. The van der Waals surface area contributed by atoms with Crippen molar-refractivity contribution in [2.24, 2.45) is 5.73 Å². The van der Waals surface area contributed by atoms with Gasteiger partial charge in [0, 0.05) is 7.11 Å². The molecule has 3 heteroatoms. The summed E-state index contributed by atoms with van der Waals surface area (Å²) in [5.41, 5.74) is 5.02. The molecule has 1 unspecified atom stereocenters. The number of ketones is 1. The minimum absolute atomic E-state index is 0.0625. The summed E-state index contributed by atoms with van der Waals surface area (Å²) < 4.78 is 4.67. The zero-order valence-electron chi connectivity index (χ0n) is 5.18. The summed E-state index contributed by atoms with van der Waals surface area (Å²) in [4.78, 5) is 10.5. The Labute approximate surface area is 48.8 Å². The maximum atomic E-state index is 10.5. The summed E-state index contributed by atoms with van der Waals surface area (Å²) in [7, 11) is 1.48. The molecule has 0 aliphatic heterocycles. The third-order valence-corrected chi connectivity index (χ3v) is 1.01. The van der Waals surface area contributed by atoms with E-state index in [0.29, 0.717) is 0 Å². The van der Waals surface area contributed by atoms with Gasteiger partial charge in [-0.2, -0.15) is 0 Å². The number of carbonyl (C=O) groups excluding carboxylic acids is 1. The van der Waals surface area contributed by atoms with Crippen molar-refractivity contribution in [2.45, 2.75) is 13.0 Å². The van der Waals surface area contributed by atoms with E-state index in [1.807, 2.05) is 0 Å². The van der Waals surface area contributed by atoms with E-state index in [1.54, 1.807) is 6.92 Å². The van der Waals surface area contributed by atoms with Crippen molar-refractivity contribution in [1.29, 1.82) is 0 Å². The minimum atomic E-state index is -0.347. The Balaban J connectivity index is 3.46. The van der Waals surface area contributed by atoms with Gasteiger partial charge in [-0.05, 0) is 6.92 Å². The first-order valence-electron chi connectivity index (χ1n) is 2.48. The smallest absolute Gasteiger partial charge is 0.174 e. The molecule has 0 saturated carbocycles. The van der Waals surface area contributed by atoms with Gasteiger partial charge in [0.1, 0.15) is 6.10 Å². The van der Waals surface area contributed by atoms with Crippen molar-refractivity contribution in [2.75, 3.05) is 13.7 Å². The Morgan fingerprint density at radius 1 is 1.88 bits per heavy atom. The van der Waals surface area contributed by atoms with Crippen molar-refractivity contribution < 1.29 is 9.53 Å². The lowest BCUT2D eigenvalue weighted by Gasteiger charge is -2.03. The van der Waals surface area contributed by atoms with E-state index in [1.165, 1.54) is 7.11 Å². The first-order valence-corrected chi connectivity index (χ1v) is 2.48. The Bertz CT molecular complexity index is 82.5. The Kier molecular flexibility index (Phi) is 3.39. The zero-order chi connectivity index (χ0) is 6.57. The standard InChI is InChI=1S/C5H11NO2/c1-4(8-2)5(7)3-6/h4H,3,6H2,1-2H3. The fourth-order valence-electron chi connectivity index (χ4n) is 0.297. The summed E-state index contributed by atoms with van der Waals surface area (Å²) >= 11 is 0. The summed E-state index contributed by atoms with van der Waals surface area (Å²) in [5, 5.41) is 0. The lowest BCUT2D eigenvalue weighted by Crippen LogP contribution is -2.26. The van der Waals surface area contributed by atoms with Gasteiger partial charge in [-0.15, -0.1) is 0 Å². The molecular weight excluding hydrogens is 106 g/mol. The zero-order valence-corrected chi connectivity index (χ0v) is 5.18. The maximum absolute atomic E-state index is 10.5. The number of rotatable bonds is 3. The van der Waals surface area contributed by atoms with Crippen LogP contribution in [0.4, 0.5) is 0 Å². The fraction of sp³-hybridized carbons (Fsp3) is 0.800. The largest absolute Gasteiger partial charge is 0.374 e. The van der Waals surface area contributed by atoms with Crippen LogP contribution in [0.25, 0.3) is 0 Å². The number of Topliss-reactive ketones (excluding diaryl/α,β-unsaturated/α-hetero) is 1. The molecule has 0 fully saturated rings. The predicted molar refractivity (Wildman–Crippen MR) is 30.5 cm³/mol. The van der Waals surface area contributed by atoms with Crippen LogP contribution in [0.2, 0.25) is 0 Å². The quantitative estimate of drug-likeness (QED) is 0.544. The molecular formula is C5H11NO2. The van der Waals surface area contributed by atoms with Crippen LogP contribution in [-0.2, 0) is 9.53 Å². The molecule has 8 heavy (non-hydrogen) atoms. The molecule has 0 heterocycles. The number of nitrogens with two attached hydrogens (primary N) is 1. The van der Waals surface area contributed by atoms with E-state index in [4.69, 9.17) is 5.73 Å². The SMILES string of the molecule is COC(C)C(=O)CN. The fourth-order valence-corrected chi connectivity index (χ4v) is 0.297. The van der Waals surface area contributed by atoms with Crippen LogP contribution in [-0.4, -0.2) is 25.5 Å². The second-order valence-electron chi connectivity index (χ2n) is 1.55. The first-order chi connectivity index (χ1) is 3.72. The lowest BCUT2D eigenvalue weighted by molar-refractivity contribution is -0.126. The molecule has 0 amide bonds. The van der Waals surface area contributed by atoms with E-state index < -0.39 is 0 Å². The third kappa shape index (κ3) is 2.04. The summed E-state index contributed by atoms with van der Waals surface area (Å²) in [6.07, 6.45) is -0.347. The molecule has 0 aromatic rings. The molecule has 0 aromatic heterocycles. The van der Waals surface area contributed by atoms with Crippen LogP contribution in [0.15, 0.2) is 0 Å². The molecule has 0 spiro atoms. The molecule has 0 aliphatic rings. The van der Waals surface area contributed by atoms with Gasteiger partial charge in [0.25, 0.3) is 0 Å². The van der Waals surface area contributed by atoms with Crippen molar-refractivity contribution in [3.05, 3.63) is 0 Å². The number of methoxy groups -OCH3 is 1. The molecule has 0 saturated heterocycles. The highest BCUT2D eigenvalue weighted by molar-refractivity contribution is 5.84. The van der Waals surface area contributed by atoms with Crippen LogP contribution in [0.3, 0.4) is 0 Å². The summed E-state index contributed by atoms with van der Waals surface area (Å²) in [6, 6.07) is 0. The van der Waals surface area contributed by atoms with Gasteiger partial charge in [0.2, 0.25) is 0 Å². The molecule has 0 bridgehead atoms. The molecule has 0 rings (SSSR count). The van der Waals surface area contributed by atoms with Crippen molar-refractivity contribution in [3.8, 4) is 0 Å². The second-order valence-corrected chi connectivity index (χ2v) is 1.55. The predicted octanol–water partition coefficient (Wildman–Crippen LogP) is -0.451. The maximum Gasteiger partial charge on any atom is 0.174 e. The van der Waals surface area contributed by atoms with Gasteiger partial charge in [0.15, 0.2) is 5.78 Å². The van der Waals surface area contributed by atoms with Crippen LogP contribution in [0.5, 0.6) is 0 Å². The van der Waals surface area contributed by atoms with E-state index >= 15 is 0 Å². The molecule has 0 radical (unpaired) electrons. The molecule has 0 aliphatic carbocycles. The van der Waals surface area contributed by atoms with E-state index in [-0.39, 0.29) is 18.4 Å². The van der Waals surface area contributed by atoms with Crippen molar-refractivity contribution in [3.63, 3.8) is 0 Å². The van der Waals surface area contributed by atoms with E-state index in [9.17, 15) is 4.79 Å². The highest BCUT2D eigenvalue weighted by atomic mass is 16.5. The summed E-state index contributed by atoms with van der Waals surface area (Å²) in [6.45, 7) is 1.74. The van der Waals surface area contributed by atoms with Crippen molar-refractivity contribution >= 4 is 5.78 Å². The van der Waals surface area contributed by atoms with Gasteiger partial charge >= 0.3 is 0 Å². The Hall–Kier alpha value is -0.410. The molecule has 2 N–H and O–H groups in total. The second kappa shape index (κ2) is 3.57. The highest BCUT2D eigenvalue weighted by Crippen LogP contribution is 1.85. The topological polar surface area (TPSA) is 52.3 Å². The normalized spacial score (nSPS) is 13.4. The molecule has 1 atom stereocenters. The number of hydrogen-bond donors (Lipinski definition) is 1. The average Bonchev–Trinajstić information content (AvgIpc) is 1.84. The van der Waals surface area contributed by atoms with Gasteiger partial charge < -0.3 is 10.5 Å². The molecule has 3 nitrogen and oxygen atoms in total. The lowest BCUT2D eigenvalue weighted by atomic mass is 10.3. The van der Waals surface area contributed by atoms with Crippen LogP contribution in [0.1, 0.15) is 6.92 Å². The average molecular weight is 117 g/mol. The van der Waals surface area contributed by atoms with Crippen molar-refractivity contribution in [1.82, 2.24) is 0 Å². The van der Waals surface area contributed by atoms with Gasteiger partial charge in [0.05, 0.1) is 6.54 Å². The van der Waals surface area contributed by atoms with Crippen LogP contribution >= 0.6 is 0 Å². The van der Waals surface area contributed by atoms with Gasteiger partial charge in [-0.3, -0.25) is 4.79 Å². The Morgan fingerprint density at radius 2 is 2.38 bits per heavy atom. The van der Waals surface area contributed by atoms with E-state index in [2.05, 4.69) is 4.74 Å². The number of hydrogen-bond acceptors (Lipinski definition) is 3.